The first-order valence-electron chi connectivity index (χ1n) is 7.90. The Hall–Kier alpha value is -1.56. The van der Waals surface area contributed by atoms with E-state index in [-0.39, 0.29) is 12.1 Å². The van der Waals surface area contributed by atoms with E-state index in [1.54, 1.807) is 0 Å². The third-order valence-corrected chi connectivity index (χ3v) is 3.74. The summed E-state index contributed by atoms with van der Waals surface area (Å²) < 4.78 is 7.32. The van der Waals surface area contributed by atoms with E-state index < -0.39 is 5.60 Å². The molecule has 1 atom stereocenters. The van der Waals surface area contributed by atoms with Gasteiger partial charge in [-0.3, -0.25) is 9.58 Å². The predicted molar refractivity (Wildman–Crippen MR) is 85.5 cm³/mol. The molecule has 1 aromatic heterocycles. The van der Waals surface area contributed by atoms with E-state index in [1.165, 1.54) is 5.56 Å². The van der Waals surface area contributed by atoms with Gasteiger partial charge >= 0.3 is 6.09 Å². The van der Waals surface area contributed by atoms with Gasteiger partial charge in [0.2, 0.25) is 0 Å². The van der Waals surface area contributed by atoms with Crippen molar-refractivity contribution in [3.63, 3.8) is 0 Å². The molecule has 124 valence electrons. The van der Waals surface area contributed by atoms with Gasteiger partial charge in [0.05, 0.1) is 6.20 Å². The van der Waals surface area contributed by atoms with Crippen molar-refractivity contribution in [2.75, 3.05) is 20.1 Å². The van der Waals surface area contributed by atoms with Gasteiger partial charge in [0.1, 0.15) is 5.60 Å². The normalized spacial score (nSPS) is 19.0. The number of rotatable bonds is 4. The van der Waals surface area contributed by atoms with Crippen molar-refractivity contribution >= 4 is 6.09 Å². The van der Waals surface area contributed by atoms with E-state index in [0.29, 0.717) is 0 Å². The molecule has 0 unspecified atom stereocenters. The minimum atomic E-state index is -0.439. The van der Waals surface area contributed by atoms with Crippen LogP contribution in [0.5, 0.6) is 0 Å². The highest BCUT2D eigenvalue weighted by Crippen LogP contribution is 2.21. The van der Waals surface area contributed by atoms with Crippen molar-refractivity contribution in [3.05, 3.63) is 18.0 Å². The number of aryl methyl sites for hydroxylation is 1. The van der Waals surface area contributed by atoms with Crippen molar-refractivity contribution in [2.45, 2.75) is 51.8 Å². The lowest BCUT2D eigenvalue weighted by Gasteiger charge is -2.30. The molecule has 1 aromatic rings. The summed E-state index contributed by atoms with van der Waals surface area (Å²) >= 11 is 0. The lowest BCUT2D eigenvalue weighted by atomic mass is 10.2. The molecule has 1 aliphatic rings. The van der Waals surface area contributed by atoms with Crippen LogP contribution in [0, 0.1) is 0 Å². The summed E-state index contributed by atoms with van der Waals surface area (Å²) in [6.45, 7) is 8.21. The topological polar surface area (TPSA) is 50.6 Å². The fourth-order valence-electron chi connectivity index (χ4n) is 2.88. The minimum Gasteiger partial charge on any atom is -0.444 e. The monoisotopic (exact) mass is 308 g/mol. The van der Waals surface area contributed by atoms with E-state index >= 15 is 0 Å². The lowest BCUT2D eigenvalue weighted by Crippen LogP contribution is -2.44. The first-order chi connectivity index (χ1) is 10.2. The number of hydrogen-bond donors (Lipinski definition) is 0. The van der Waals surface area contributed by atoms with Gasteiger partial charge in [0.15, 0.2) is 0 Å². The largest absolute Gasteiger partial charge is 0.444 e. The highest BCUT2D eigenvalue weighted by molar-refractivity contribution is 5.69. The molecule has 22 heavy (non-hydrogen) atoms. The Balaban J connectivity index is 1.89. The molecule has 0 N–H and O–H groups in total. The maximum atomic E-state index is 12.3. The number of likely N-dealkylation sites (N-methyl/N-ethyl adjacent to an activating group) is 1. The van der Waals surface area contributed by atoms with Crippen LogP contribution in [0.15, 0.2) is 12.4 Å². The first-order valence-corrected chi connectivity index (χ1v) is 7.90. The first kappa shape index (κ1) is 16.8. The second-order valence-electron chi connectivity index (χ2n) is 7.19. The SMILES string of the molecule is CN(Cc1cnn(C)c1)C[C@H]1CCCN1C(=O)OC(C)(C)C. The van der Waals surface area contributed by atoms with Crippen molar-refractivity contribution in [3.8, 4) is 0 Å². The van der Waals surface area contributed by atoms with Gasteiger partial charge in [-0.2, -0.15) is 5.10 Å². The number of carbonyl (C=O) groups is 1. The number of carbonyl (C=O) groups excluding carboxylic acids is 1. The molecule has 2 rings (SSSR count). The molecule has 0 saturated carbocycles. The van der Waals surface area contributed by atoms with E-state index in [0.717, 1.165) is 32.5 Å². The molecule has 0 aliphatic carbocycles. The highest BCUT2D eigenvalue weighted by atomic mass is 16.6. The molecule has 0 aromatic carbocycles. The number of nitrogens with zero attached hydrogens (tertiary/aromatic N) is 4. The van der Waals surface area contributed by atoms with Crippen molar-refractivity contribution in [1.29, 1.82) is 0 Å². The number of ether oxygens (including phenoxy) is 1. The van der Waals surface area contributed by atoms with Gasteiger partial charge in [0, 0.05) is 44.5 Å². The van der Waals surface area contributed by atoms with E-state index in [1.807, 2.05) is 49.8 Å². The number of amides is 1. The second-order valence-corrected chi connectivity index (χ2v) is 7.19. The Morgan fingerprint density at radius 2 is 2.23 bits per heavy atom. The minimum absolute atomic E-state index is 0.190. The molecule has 0 radical (unpaired) electrons. The van der Waals surface area contributed by atoms with E-state index in [2.05, 4.69) is 17.0 Å². The number of hydrogen-bond acceptors (Lipinski definition) is 4. The summed E-state index contributed by atoms with van der Waals surface area (Å²) in [5, 5.41) is 4.19. The van der Waals surface area contributed by atoms with Gasteiger partial charge in [0.25, 0.3) is 0 Å². The van der Waals surface area contributed by atoms with Crippen LogP contribution in [0.25, 0.3) is 0 Å². The maximum Gasteiger partial charge on any atom is 0.410 e. The Labute approximate surface area is 133 Å². The quantitative estimate of drug-likeness (QED) is 0.856. The number of aromatic nitrogens is 2. The van der Waals surface area contributed by atoms with Crippen LogP contribution >= 0.6 is 0 Å². The predicted octanol–water partition coefficient (Wildman–Crippen LogP) is 2.25. The number of likely N-dealkylation sites (tertiary alicyclic amines) is 1. The van der Waals surface area contributed by atoms with Crippen LogP contribution in [0.2, 0.25) is 0 Å². The molecule has 1 aliphatic heterocycles. The molecule has 1 amide bonds. The molecule has 1 saturated heterocycles. The summed E-state index contributed by atoms with van der Waals surface area (Å²) in [7, 11) is 4.00. The average Bonchev–Trinajstić information content (AvgIpc) is 2.96. The van der Waals surface area contributed by atoms with Crippen LogP contribution in [0.3, 0.4) is 0 Å². The Morgan fingerprint density at radius 3 is 2.82 bits per heavy atom. The van der Waals surface area contributed by atoms with Gasteiger partial charge in [-0.05, 0) is 40.7 Å². The Morgan fingerprint density at radius 1 is 1.50 bits per heavy atom. The fourth-order valence-corrected chi connectivity index (χ4v) is 2.88. The molecular formula is C16H28N4O2. The smallest absolute Gasteiger partial charge is 0.410 e. The fraction of sp³-hybridized carbons (Fsp3) is 0.750. The summed E-state index contributed by atoms with van der Waals surface area (Å²) in [6.07, 6.45) is 5.80. The average molecular weight is 308 g/mol. The molecule has 6 nitrogen and oxygen atoms in total. The third kappa shape index (κ3) is 4.73. The van der Waals surface area contributed by atoms with Crippen molar-refractivity contribution in [1.82, 2.24) is 19.6 Å². The van der Waals surface area contributed by atoms with Crippen LogP contribution in [-0.4, -0.2) is 57.5 Å². The van der Waals surface area contributed by atoms with Crippen molar-refractivity contribution < 1.29 is 9.53 Å². The molecular weight excluding hydrogens is 280 g/mol. The van der Waals surface area contributed by atoms with Crippen LogP contribution in [0.4, 0.5) is 4.79 Å². The standard InChI is InChI=1S/C16H28N4O2/c1-16(2,3)22-15(21)20-8-6-7-14(20)12-18(4)10-13-9-17-19(5)11-13/h9,11,14H,6-8,10,12H2,1-5H3/t14-/m1/s1. The zero-order valence-corrected chi connectivity index (χ0v) is 14.4. The van der Waals surface area contributed by atoms with Gasteiger partial charge < -0.3 is 9.64 Å². The molecule has 0 bridgehead atoms. The Bertz CT molecular complexity index is 506. The molecule has 6 heteroatoms. The summed E-state index contributed by atoms with van der Waals surface area (Å²) in [6, 6.07) is 0.233. The summed E-state index contributed by atoms with van der Waals surface area (Å²) in [5.41, 5.74) is 0.748. The van der Waals surface area contributed by atoms with Crippen LogP contribution in [0.1, 0.15) is 39.2 Å². The van der Waals surface area contributed by atoms with Crippen LogP contribution in [-0.2, 0) is 18.3 Å². The van der Waals surface area contributed by atoms with Crippen molar-refractivity contribution in [2.24, 2.45) is 7.05 Å². The summed E-state index contributed by atoms with van der Waals surface area (Å²) in [4.78, 5) is 16.4. The molecule has 2 heterocycles. The van der Waals surface area contributed by atoms with E-state index in [4.69, 9.17) is 4.74 Å². The summed E-state index contributed by atoms with van der Waals surface area (Å²) in [5.74, 6) is 0. The second kappa shape index (κ2) is 6.69. The van der Waals surface area contributed by atoms with Gasteiger partial charge in [-0.15, -0.1) is 0 Å². The lowest BCUT2D eigenvalue weighted by molar-refractivity contribution is 0.0201. The molecule has 1 fully saturated rings. The van der Waals surface area contributed by atoms with E-state index in [9.17, 15) is 4.79 Å². The maximum absolute atomic E-state index is 12.3. The third-order valence-electron chi connectivity index (χ3n) is 3.74. The zero-order chi connectivity index (χ0) is 16.3. The Kier molecular flexibility index (Phi) is 5.11. The van der Waals surface area contributed by atoms with Gasteiger partial charge in [-0.1, -0.05) is 0 Å². The zero-order valence-electron chi connectivity index (χ0n) is 14.4. The van der Waals surface area contributed by atoms with Crippen LogP contribution < -0.4 is 0 Å². The highest BCUT2D eigenvalue weighted by Gasteiger charge is 2.32. The van der Waals surface area contributed by atoms with Gasteiger partial charge in [-0.25, -0.2) is 4.79 Å². The molecule has 0 spiro atoms.